The number of aliphatic hydroxyl groups is 1. The summed E-state index contributed by atoms with van der Waals surface area (Å²) in [5.41, 5.74) is 7.91. The topological polar surface area (TPSA) is 137 Å². The normalized spacial score (nSPS) is 18.3. The summed E-state index contributed by atoms with van der Waals surface area (Å²) in [5, 5.41) is 14.8. The molecule has 2 aliphatic heterocycles. The maximum Gasteiger partial charge on any atom is 0.343 e. The highest BCUT2D eigenvalue weighted by atomic mass is 16.6. The van der Waals surface area contributed by atoms with Crippen molar-refractivity contribution in [2.45, 2.75) is 44.9 Å². The lowest BCUT2D eigenvalue weighted by Crippen LogP contribution is -2.44. The second kappa shape index (κ2) is 8.34. The number of carbonyl (C=O) groups is 2. The first-order valence-corrected chi connectivity index (χ1v) is 11.4. The second-order valence-corrected chi connectivity index (χ2v) is 8.70. The number of aromatic nitrogens is 2. The van der Waals surface area contributed by atoms with Crippen LogP contribution in [0.3, 0.4) is 0 Å². The molecule has 1 amide bonds. The first-order valence-electron chi connectivity index (χ1n) is 11.4. The van der Waals surface area contributed by atoms with Gasteiger partial charge in [0.25, 0.3) is 5.56 Å². The molecule has 34 heavy (non-hydrogen) atoms. The molecule has 3 aromatic rings. The van der Waals surface area contributed by atoms with Gasteiger partial charge in [0.15, 0.2) is 5.60 Å². The summed E-state index contributed by atoms with van der Waals surface area (Å²) in [6.07, 6.45) is 1.48. The predicted octanol–water partition coefficient (Wildman–Crippen LogP) is 1.09. The molecular weight excluding hydrogens is 436 g/mol. The molecule has 0 radical (unpaired) electrons. The largest absolute Gasteiger partial charge is 0.458 e. The molecule has 0 saturated carbocycles. The lowest BCUT2D eigenvalue weighted by Gasteiger charge is -2.31. The first-order chi connectivity index (χ1) is 16.4. The molecule has 5 rings (SSSR count). The van der Waals surface area contributed by atoms with Gasteiger partial charge in [0, 0.05) is 23.1 Å². The van der Waals surface area contributed by atoms with Gasteiger partial charge in [0.2, 0.25) is 5.91 Å². The maximum atomic E-state index is 13.4. The molecule has 4 N–H and O–H groups in total. The number of esters is 1. The van der Waals surface area contributed by atoms with Crippen molar-refractivity contribution in [3.05, 3.63) is 62.9 Å². The molecule has 1 aromatic carbocycles. The number of nitrogens with zero attached hydrogens (tertiary/aromatic N) is 2. The van der Waals surface area contributed by atoms with Crippen LogP contribution in [-0.4, -0.2) is 39.6 Å². The van der Waals surface area contributed by atoms with Crippen LogP contribution in [0, 0.1) is 0 Å². The number of rotatable bonds is 6. The van der Waals surface area contributed by atoms with Gasteiger partial charge in [-0.05, 0) is 37.0 Å². The molecule has 0 saturated heterocycles. The standard InChI is InChI=1S/C25H26N4O5/c1-2-25(33)18-10-20-22-16(12-29(20)23(31)17(18)13-34-24(25)32)14(7-5-9-27-21(30)11-26)15-6-3-4-8-19(15)28-22/h3-4,6,8,10,33H,2,5,7,9,11-13,26H2,1H3,(H,27,30)/t25-/m0/s1. The number of para-hydroxylation sites is 1. The minimum absolute atomic E-state index is 0.0488. The van der Waals surface area contributed by atoms with Crippen molar-refractivity contribution in [2.75, 3.05) is 13.1 Å². The lowest BCUT2D eigenvalue weighted by molar-refractivity contribution is -0.172. The number of benzene rings is 1. The van der Waals surface area contributed by atoms with Crippen LogP contribution in [0.4, 0.5) is 0 Å². The van der Waals surface area contributed by atoms with E-state index in [1.807, 2.05) is 24.3 Å². The number of pyridine rings is 2. The SMILES string of the molecule is CC[C@@]1(O)C(=O)OCc2c1cc1n(c2=O)Cc2c-1nc1ccccc1c2CCCNC(=O)CN. The Bertz CT molecular complexity index is 1400. The Hall–Kier alpha value is -3.56. The fourth-order valence-electron chi connectivity index (χ4n) is 4.96. The number of aryl methyl sites for hydroxylation is 1. The van der Waals surface area contributed by atoms with E-state index in [-0.39, 0.29) is 31.0 Å². The second-order valence-electron chi connectivity index (χ2n) is 8.70. The Kier molecular flexibility index (Phi) is 5.45. The van der Waals surface area contributed by atoms with Gasteiger partial charge in [-0.15, -0.1) is 0 Å². The molecule has 0 bridgehead atoms. The number of amides is 1. The molecule has 0 fully saturated rings. The molecule has 176 valence electrons. The molecule has 9 nitrogen and oxygen atoms in total. The minimum Gasteiger partial charge on any atom is -0.458 e. The van der Waals surface area contributed by atoms with Crippen molar-refractivity contribution in [1.82, 2.24) is 14.9 Å². The van der Waals surface area contributed by atoms with Crippen molar-refractivity contribution in [3.63, 3.8) is 0 Å². The third-order valence-corrected chi connectivity index (χ3v) is 6.82. The number of hydrogen-bond donors (Lipinski definition) is 3. The number of carbonyl (C=O) groups excluding carboxylic acids is 2. The van der Waals surface area contributed by atoms with Crippen molar-refractivity contribution >= 4 is 22.8 Å². The Morgan fingerprint density at radius 1 is 1.29 bits per heavy atom. The van der Waals surface area contributed by atoms with E-state index in [0.29, 0.717) is 48.4 Å². The predicted molar refractivity (Wildman–Crippen MR) is 125 cm³/mol. The van der Waals surface area contributed by atoms with Crippen LogP contribution in [0.2, 0.25) is 0 Å². The molecule has 0 aliphatic carbocycles. The van der Waals surface area contributed by atoms with E-state index in [1.54, 1.807) is 17.6 Å². The number of nitrogens with one attached hydrogen (secondary N) is 1. The number of nitrogens with two attached hydrogens (primary N) is 1. The van der Waals surface area contributed by atoms with Gasteiger partial charge in [-0.1, -0.05) is 25.1 Å². The van der Waals surface area contributed by atoms with E-state index in [9.17, 15) is 19.5 Å². The summed E-state index contributed by atoms with van der Waals surface area (Å²) in [7, 11) is 0. The molecule has 0 unspecified atom stereocenters. The van der Waals surface area contributed by atoms with E-state index >= 15 is 0 Å². The zero-order valence-electron chi connectivity index (χ0n) is 18.9. The van der Waals surface area contributed by atoms with Gasteiger partial charge in [-0.3, -0.25) is 9.59 Å². The quantitative estimate of drug-likeness (QED) is 0.288. The number of fused-ring (bicyclic) bond motifs is 5. The van der Waals surface area contributed by atoms with Crippen LogP contribution in [0.1, 0.15) is 42.0 Å². The van der Waals surface area contributed by atoms with Crippen LogP contribution >= 0.6 is 0 Å². The summed E-state index contributed by atoms with van der Waals surface area (Å²) in [6.45, 7) is 2.31. The number of cyclic esters (lactones) is 1. The Morgan fingerprint density at radius 2 is 2.09 bits per heavy atom. The van der Waals surface area contributed by atoms with Gasteiger partial charge >= 0.3 is 5.97 Å². The zero-order valence-corrected chi connectivity index (χ0v) is 18.9. The van der Waals surface area contributed by atoms with E-state index < -0.39 is 11.6 Å². The van der Waals surface area contributed by atoms with Gasteiger partial charge in [-0.25, -0.2) is 9.78 Å². The molecule has 2 aromatic heterocycles. The molecule has 0 spiro atoms. The summed E-state index contributed by atoms with van der Waals surface area (Å²) < 4.78 is 6.79. The molecule has 1 atom stereocenters. The third kappa shape index (κ3) is 3.31. The van der Waals surface area contributed by atoms with E-state index in [0.717, 1.165) is 22.0 Å². The third-order valence-electron chi connectivity index (χ3n) is 6.82. The molecule has 2 aliphatic rings. The highest BCUT2D eigenvalue weighted by Crippen LogP contribution is 2.40. The highest BCUT2D eigenvalue weighted by molar-refractivity contribution is 5.89. The Balaban J connectivity index is 1.64. The zero-order chi connectivity index (χ0) is 24.0. The average molecular weight is 463 g/mol. The number of ether oxygens (including phenoxy) is 1. The summed E-state index contributed by atoms with van der Waals surface area (Å²) in [5.74, 6) is -0.939. The fraction of sp³-hybridized carbons (Fsp3) is 0.360. The van der Waals surface area contributed by atoms with Crippen molar-refractivity contribution in [1.29, 1.82) is 0 Å². The summed E-state index contributed by atoms with van der Waals surface area (Å²) in [6, 6.07) is 9.52. The van der Waals surface area contributed by atoms with Crippen molar-refractivity contribution in [2.24, 2.45) is 5.73 Å². The summed E-state index contributed by atoms with van der Waals surface area (Å²) in [4.78, 5) is 42.2. The Morgan fingerprint density at radius 3 is 2.85 bits per heavy atom. The van der Waals surface area contributed by atoms with Crippen LogP contribution < -0.4 is 16.6 Å². The van der Waals surface area contributed by atoms with E-state index in [2.05, 4.69) is 5.32 Å². The lowest BCUT2D eigenvalue weighted by atomic mass is 9.86. The monoisotopic (exact) mass is 462 g/mol. The van der Waals surface area contributed by atoms with E-state index in [4.69, 9.17) is 15.5 Å². The van der Waals surface area contributed by atoms with Crippen LogP contribution in [0.15, 0.2) is 35.1 Å². The van der Waals surface area contributed by atoms with Crippen LogP contribution in [0.25, 0.3) is 22.3 Å². The molecule has 9 heteroatoms. The smallest absolute Gasteiger partial charge is 0.343 e. The highest BCUT2D eigenvalue weighted by Gasteiger charge is 2.45. The maximum absolute atomic E-state index is 13.4. The van der Waals surface area contributed by atoms with Crippen molar-refractivity contribution in [3.8, 4) is 11.4 Å². The van der Waals surface area contributed by atoms with Gasteiger partial charge < -0.3 is 25.5 Å². The van der Waals surface area contributed by atoms with Gasteiger partial charge in [0.05, 0.1) is 35.6 Å². The van der Waals surface area contributed by atoms with Crippen LogP contribution in [0.5, 0.6) is 0 Å². The molecular formula is C25H26N4O5. The van der Waals surface area contributed by atoms with E-state index in [1.165, 1.54) is 0 Å². The first kappa shape index (κ1) is 22.2. The van der Waals surface area contributed by atoms with Crippen LogP contribution in [-0.2, 0) is 39.5 Å². The van der Waals surface area contributed by atoms with Crippen molar-refractivity contribution < 1.29 is 19.4 Å². The summed E-state index contributed by atoms with van der Waals surface area (Å²) >= 11 is 0. The fourth-order valence-corrected chi connectivity index (χ4v) is 4.96. The Labute approximate surface area is 195 Å². The average Bonchev–Trinajstić information content (AvgIpc) is 3.22. The minimum atomic E-state index is -1.86. The van der Waals surface area contributed by atoms with Gasteiger partial charge in [-0.2, -0.15) is 0 Å². The van der Waals surface area contributed by atoms with Gasteiger partial charge in [0.1, 0.15) is 6.61 Å². The molecule has 4 heterocycles. The number of hydrogen-bond acceptors (Lipinski definition) is 7.